The van der Waals surface area contributed by atoms with Crippen LogP contribution in [0.5, 0.6) is 0 Å². The van der Waals surface area contributed by atoms with Crippen molar-refractivity contribution < 1.29 is 18.8 Å². The molecule has 7 heteroatoms. The molecule has 1 saturated heterocycles. The number of carbonyl (C=O) groups is 3. The summed E-state index contributed by atoms with van der Waals surface area (Å²) in [5, 5.41) is 1.93. The van der Waals surface area contributed by atoms with E-state index in [-0.39, 0.29) is 17.5 Å². The molecule has 4 atom stereocenters. The molecule has 6 nitrogen and oxygen atoms in total. The molecule has 0 radical (unpaired) electrons. The van der Waals surface area contributed by atoms with E-state index in [2.05, 4.69) is 0 Å². The van der Waals surface area contributed by atoms with Crippen molar-refractivity contribution in [2.45, 2.75) is 31.8 Å². The number of likely N-dealkylation sites (tertiary alicyclic amines) is 1. The average molecular weight is 525 g/mol. The first kappa shape index (κ1) is 25.4. The van der Waals surface area contributed by atoms with Crippen molar-refractivity contribution in [3.63, 3.8) is 0 Å². The van der Waals surface area contributed by atoms with Crippen LogP contribution in [0.15, 0.2) is 94.7 Å². The molecular weight excluding hydrogens is 496 g/mol. The SMILES string of the molecule is Cc1ccc(C(=O)C2C(c3sccc3C)C(C(N)=O)N(C(=O)c3ccccc3)C2C=Cc2ccccc2)o1. The smallest absolute Gasteiger partial charge is 0.255 e. The number of Topliss-reactive ketones (excluding diaryl/α,β-unsaturated/α-hetero) is 1. The summed E-state index contributed by atoms with van der Waals surface area (Å²) in [6.45, 7) is 3.72. The first-order chi connectivity index (χ1) is 18.4. The number of thiophene rings is 1. The van der Waals surface area contributed by atoms with E-state index in [4.69, 9.17) is 10.2 Å². The van der Waals surface area contributed by atoms with Crippen LogP contribution in [0.4, 0.5) is 0 Å². The van der Waals surface area contributed by atoms with Crippen LogP contribution < -0.4 is 5.73 Å². The normalized spacial score (nSPS) is 21.2. The molecule has 2 aromatic carbocycles. The van der Waals surface area contributed by atoms with Crippen molar-refractivity contribution in [3.05, 3.63) is 123 Å². The number of benzene rings is 2. The third-order valence-corrected chi connectivity index (χ3v) is 8.16. The average Bonchev–Trinajstić information content (AvgIpc) is 3.64. The number of amides is 2. The highest BCUT2D eigenvalue weighted by atomic mass is 32.1. The standard InChI is InChI=1S/C31H28N2O4S/c1-19-17-18-38-29(19)26-25(28(34)24-16-13-20(2)37-24)23(15-14-21-9-5-3-6-10-21)33(27(26)30(32)35)31(36)22-11-7-4-8-12-22/h3-18,23,25-27H,1-2H3,(H2,32,35). The predicted octanol–water partition coefficient (Wildman–Crippen LogP) is 5.63. The lowest BCUT2D eigenvalue weighted by Gasteiger charge is -2.29. The van der Waals surface area contributed by atoms with Crippen LogP contribution in [0.25, 0.3) is 6.08 Å². The molecule has 0 saturated carbocycles. The monoisotopic (exact) mass is 524 g/mol. The third kappa shape index (κ3) is 4.73. The second-order valence-corrected chi connectivity index (χ2v) is 10.4. The minimum absolute atomic E-state index is 0.196. The maximum Gasteiger partial charge on any atom is 0.255 e. The molecule has 2 amide bonds. The highest BCUT2D eigenvalue weighted by Gasteiger charge is 2.56. The van der Waals surface area contributed by atoms with Crippen LogP contribution in [0.1, 0.15) is 48.6 Å². The molecule has 0 spiro atoms. The number of aryl methyl sites for hydroxylation is 2. The summed E-state index contributed by atoms with van der Waals surface area (Å²) in [5.41, 5.74) is 8.31. The van der Waals surface area contributed by atoms with Gasteiger partial charge in [-0.05, 0) is 60.7 Å². The molecule has 2 N–H and O–H groups in total. The first-order valence-electron chi connectivity index (χ1n) is 12.4. The molecule has 4 unspecified atom stereocenters. The van der Waals surface area contributed by atoms with Gasteiger partial charge >= 0.3 is 0 Å². The first-order valence-corrected chi connectivity index (χ1v) is 13.3. The van der Waals surface area contributed by atoms with Gasteiger partial charge in [0.25, 0.3) is 5.91 Å². The predicted molar refractivity (Wildman–Crippen MR) is 148 cm³/mol. The highest BCUT2D eigenvalue weighted by molar-refractivity contribution is 7.10. The van der Waals surface area contributed by atoms with Gasteiger partial charge in [-0.25, -0.2) is 0 Å². The van der Waals surface area contributed by atoms with Gasteiger partial charge in [-0.15, -0.1) is 11.3 Å². The number of hydrogen-bond donors (Lipinski definition) is 1. The molecule has 4 aromatic rings. The fourth-order valence-corrected chi connectivity index (χ4v) is 6.42. The largest absolute Gasteiger partial charge is 0.458 e. The number of furan rings is 1. The van der Waals surface area contributed by atoms with Gasteiger partial charge in [-0.3, -0.25) is 14.4 Å². The number of carbonyl (C=O) groups excluding carboxylic acids is 3. The molecule has 5 rings (SSSR count). The molecule has 192 valence electrons. The number of rotatable bonds is 7. The Hall–Kier alpha value is -4.23. The second kappa shape index (κ2) is 10.6. The zero-order chi connectivity index (χ0) is 26.8. The summed E-state index contributed by atoms with van der Waals surface area (Å²) in [6, 6.07) is 22.0. The fourth-order valence-electron chi connectivity index (χ4n) is 5.31. The van der Waals surface area contributed by atoms with Crippen molar-refractivity contribution in [2.75, 3.05) is 0 Å². The summed E-state index contributed by atoms with van der Waals surface area (Å²) in [7, 11) is 0. The minimum atomic E-state index is -1.03. The molecule has 3 heterocycles. The van der Waals surface area contributed by atoms with Gasteiger partial charge in [0, 0.05) is 16.4 Å². The zero-order valence-electron chi connectivity index (χ0n) is 21.1. The maximum absolute atomic E-state index is 14.2. The molecule has 0 aliphatic carbocycles. The van der Waals surface area contributed by atoms with Crippen molar-refractivity contribution in [1.82, 2.24) is 4.90 Å². The third-order valence-electron chi connectivity index (χ3n) is 7.04. The van der Waals surface area contributed by atoms with Crippen molar-refractivity contribution in [3.8, 4) is 0 Å². The van der Waals surface area contributed by atoms with Gasteiger partial charge in [-0.2, -0.15) is 0 Å². The molecule has 1 aliphatic heterocycles. The topological polar surface area (TPSA) is 93.6 Å². The molecular formula is C31H28N2O4S. The summed E-state index contributed by atoms with van der Waals surface area (Å²) in [5.74, 6) is -1.91. The van der Waals surface area contributed by atoms with Crippen LogP contribution in [0.3, 0.4) is 0 Å². The van der Waals surface area contributed by atoms with Crippen LogP contribution in [0, 0.1) is 19.8 Å². The summed E-state index contributed by atoms with van der Waals surface area (Å²) in [4.78, 5) is 43.7. The summed E-state index contributed by atoms with van der Waals surface area (Å²) in [6.07, 6.45) is 3.72. The van der Waals surface area contributed by atoms with E-state index in [9.17, 15) is 14.4 Å². The van der Waals surface area contributed by atoms with Crippen LogP contribution >= 0.6 is 11.3 Å². The number of ketones is 1. The van der Waals surface area contributed by atoms with Crippen LogP contribution in [-0.4, -0.2) is 34.6 Å². The van der Waals surface area contributed by atoms with Gasteiger partial charge in [0.05, 0.1) is 12.0 Å². The molecule has 1 fully saturated rings. The number of hydrogen-bond acceptors (Lipinski definition) is 5. The Balaban J connectivity index is 1.72. The zero-order valence-corrected chi connectivity index (χ0v) is 21.9. The Morgan fingerprint density at radius 3 is 2.18 bits per heavy atom. The number of nitrogens with zero attached hydrogens (tertiary/aromatic N) is 1. The Morgan fingerprint density at radius 1 is 0.921 bits per heavy atom. The number of nitrogens with two attached hydrogens (primary N) is 1. The summed E-state index contributed by atoms with van der Waals surface area (Å²) < 4.78 is 5.75. The molecule has 38 heavy (non-hydrogen) atoms. The van der Waals surface area contributed by atoms with Gasteiger partial charge in [-0.1, -0.05) is 60.7 Å². The van der Waals surface area contributed by atoms with E-state index in [1.54, 1.807) is 43.3 Å². The lowest BCUT2D eigenvalue weighted by atomic mass is 9.80. The van der Waals surface area contributed by atoms with Gasteiger partial charge in [0.2, 0.25) is 11.7 Å². The Morgan fingerprint density at radius 2 is 1.61 bits per heavy atom. The Labute approximate surface area is 225 Å². The number of primary amides is 1. The van der Waals surface area contributed by atoms with E-state index >= 15 is 0 Å². The molecule has 2 aromatic heterocycles. The highest BCUT2D eigenvalue weighted by Crippen LogP contribution is 2.48. The van der Waals surface area contributed by atoms with Crippen molar-refractivity contribution >= 4 is 35.0 Å². The molecule has 1 aliphatic rings. The van der Waals surface area contributed by atoms with E-state index in [0.29, 0.717) is 11.3 Å². The quantitative estimate of drug-likeness (QED) is 0.317. The van der Waals surface area contributed by atoms with Crippen LogP contribution in [0.2, 0.25) is 0 Å². The van der Waals surface area contributed by atoms with Crippen LogP contribution in [-0.2, 0) is 4.79 Å². The van der Waals surface area contributed by atoms with E-state index in [1.165, 1.54) is 16.2 Å². The lowest BCUT2D eigenvalue weighted by Crippen LogP contribution is -2.48. The Bertz CT molecular complexity index is 1490. The van der Waals surface area contributed by atoms with E-state index in [0.717, 1.165) is 16.0 Å². The van der Waals surface area contributed by atoms with Crippen molar-refractivity contribution in [1.29, 1.82) is 0 Å². The van der Waals surface area contributed by atoms with E-state index < -0.39 is 29.8 Å². The fraction of sp³-hybridized carbons (Fsp3) is 0.194. The minimum Gasteiger partial charge on any atom is -0.458 e. The van der Waals surface area contributed by atoms with Gasteiger partial charge in [0.15, 0.2) is 5.76 Å². The Kier molecular flexibility index (Phi) is 7.11. The maximum atomic E-state index is 14.2. The van der Waals surface area contributed by atoms with Gasteiger partial charge in [0.1, 0.15) is 11.8 Å². The lowest BCUT2D eigenvalue weighted by molar-refractivity contribution is -0.122. The van der Waals surface area contributed by atoms with E-state index in [1.807, 2.05) is 66.9 Å². The van der Waals surface area contributed by atoms with Gasteiger partial charge < -0.3 is 15.1 Å². The molecule has 0 bridgehead atoms. The second-order valence-electron chi connectivity index (χ2n) is 9.48. The summed E-state index contributed by atoms with van der Waals surface area (Å²) >= 11 is 1.46. The van der Waals surface area contributed by atoms with Crippen molar-refractivity contribution in [2.24, 2.45) is 11.7 Å².